The molecule has 0 bridgehead atoms. The van der Waals surface area contributed by atoms with Crippen LogP contribution in [0.4, 0.5) is 5.69 Å². The molecule has 1 aromatic rings. The smallest absolute Gasteiger partial charge is 0.233 e. The fraction of sp³-hybridized carbons (Fsp3) is 0.529. The Balaban J connectivity index is 1.71. The van der Waals surface area contributed by atoms with Gasteiger partial charge in [-0.2, -0.15) is 0 Å². The van der Waals surface area contributed by atoms with Gasteiger partial charge in [-0.3, -0.25) is 9.59 Å². The van der Waals surface area contributed by atoms with E-state index in [2.05, 4.69) is 10.6 Å². The maximum atomic E-state index is 11.8. The maximum Gasteiger partial charge on any atom is 0.233 e. The lowest BCUT2D eigenvalue weighted by atomic mass is 10.2. The second-order valence-corrected chi connectivity index (χ2v) is 5.86. The van der Waals surface area contributed by atoms with E-state index in [4.69, 9.17) is 9.47 Å². The summed E-state index contributed by atoms with van der Waals surface area (Å²) in [5.41, 5.74) is 0.637. The molecule has 2 amide bonds. The molecule has 1 heterocycles. The van der Waals surface area contributed by atoms with Gasteiger partial charge in [0.2, 0.25) is 11.8 Å². The minimum atomic E-state index is -0.340. The third-order valence-electron chi connectivity index (χ3n) is 3.38. The molecule has 23 heavy (non-hydrogen) atoms. The van der Waals surface area contributed by atoms with Crippen molar-refractivity contribution in [3.05, 3.63) is 24.3 Å². The zero-order chi connectivity index (χ0) is 16.7. The number of amides is 2. The van der Waals surface area contributed by atoms with Crippen molar-refractivity contribution < 1.29 is 19.1 Å². The van der Waals surface area contributed by atoms with Crippen molar-refractivity contribution in [2.24, 2.45) is 0 Å². The average molecular weight is 320 g/mol. The van der Waals surface area contributed by atoms with Gasteiger partial charge in [0.05, 0.1) is 12.2 Å². The van der Waals surface area contributed by atoms with E-state index in [-0.39, 0.29) is 30.4 Å². The zero-order valence-electron chi connectivity index (χ0n) is 13.6. The second-order valence-electron chi connectivity index (χ2n) is 5.86. The summed E-state index contributed by atoms with van der Waals surface area (Å²) < 4.78 is 10.9. The van der Waals surface area contributed by atoms with Crippen molar-refractivity contribution in [3.8, 4) is 5.75 Å². The van der Waals surface area contributed by atoms with Gasteiger partial charge in [0, 0.05) is 18.8 Å². The Bertz CT molecular complexity index is 522. The number of hydrogen-bond acceptors (Lipinski definition) is 4. The third kappa shape index (κ3) is 6.28. The highest BCUT2D eigenvalue weighted by Gasteiger charge is 2.17. The van der Waals surface area contributed by atoms with Gasteiger partial charge >= 0.3 is 0 Å². The van der Waals surface area contributed by atoms with Crippen molar-refractivity contribution in [1.82, 2.24) is 5.32 Å². The SMILES string of the molecule is CC(C)Oc1ccc(NC(=O)CC(=O)NCC2CCCO2)cc1. The molecule has 0 saturated carbocycles. The fourth-order valence-electron chi connectivity index (χ4n) is 2.34. The summed E-state index contributed by atoms with van der Waals surface area (Å²) in [6, 6.07) is 7.07. The van der Waals surface area contributed by atoms with Crippen molar-refractivity contribution in [2.45, 2.75) is 45.3 Å². The molecular weight excluding hydrogens is 296 g/mol. The molecule has 2 rings (SSSR count). The van der Waals surface area contributed by atoms with Gasteiger partial charge in [-0.15, -0.1) is 0 Å². The number of anilines is 1. The molecular formula is C17H24N2O4. The number of hydrogen-bond donors (Lipinski definition) is 2. The summed E-state index contributed by atoms with van der Waals surface area (Å²) in [6.45, 7) is 5.11. The van der Waals surface area contributed by atoms with Gasteiger partial charge in [-0.25, -0.2) is 0 Å². The van der Waals surface area contributed by atoms with E-state index in [1.165, 1.54) is 0 Å². The number of nitrogens with one attached hydrogen (secondary N) is 2. The van der Waals surface area contributed by atoms with Gasteiger partial charge in [0.1, 0.15) is 12.2 Å². The highest BCUT2D eigenvalue weighted by molar-refractivity contribution is 6.03. The summed E-state index contributed by atoms with van der Waals surface area (Å²) in [4.78, 5) is 23.6. The molecule has 0 spiro atoms. The third-order valence-corrected chi connectivity index (χ3v) is 3.38. The summed E-state index contributed by atoms with van der Waals surface area (Å²) in [7, 11) is 0. The molecule has 0 aromatic heterocycles. The van der Waals surface area contributed by atoms with Crippen molar-refractivity contribution >= 4 is 17.5 Å². The number of ether oxygens (including phenoxy) is 2. The first-order valence-corrected chi connectivity index (χ1v) is 7.98. The second kappa shape index (κ2) is 8.53. The lowest BCUT2D eigenvalue weighted by Gasteiger charge is -2.12. The van der Waals surface area contributed by atoms with Crippen LogP contribution >= 0.6 is 0 Å². The molecule has 126 valence electrons. The highest BCUT2D eigenvalue weighted by Crippen LogP contribution is 2.17. The quantitative estimate of drug-likeness (QED) is 0.754. The van der Waals surface area contributed by atoms with E-state index < -0.39 is 0 Å². The van der Waals surface area contributed by atoms with Crippen LogP contribution in [0, 0.1) is 0 Å². The van der Waals surface area contributed by atoms with E-state index in [0.29, 0.717) is 12.2 Å². The number of rotatable bonds is 7. The van der Waals surface area contributed by atoms with Gasteiger partial charge in [0.15, 0.2) is 0 Å². The summed E-state index contributed by atoms with van der Waals surface area (Å²) in [6.07, 6.45) is 1.96. The molecule has 0 aliphatic carbocycles. The minimum absolute atomic E-state index is 0.0792. The molecule has 1 aromatic carbocycles. The molecule has 6 heteroatoms. The maximum absolute atomic E-state index is 11.8. The number of benzene rings is 1. The topological polar surface area (TPSA) is 76.7 Å². The summed E-state index contributed by atoms with van der Waals surface area (Å²) >= 11 is 0. The molecule has 0 radical (unpaired) electrons. The summed E-state index contributed by atoms with van der Waals surface area (Å²) in [5.74, 6) is 0.109. The van der Waals surface area contributed by atoms with E-state index in [9.17, 15) is 9.59 Å². The first-order chi connectivity index (χ1) is 11.0. The Morgan fingerprint density at radius 2 is 2.00 bits per heavy atom. The number of carbonyl (C=O) groups is 2. The molecule has 1 atom stereocenters. The van der Waals surface area contributed by atoms with Crippen molar-refractivity contribution in [1.29, 1.82) is 0 Å². The van der Waals surface area contributed by atoms with Crippen LogP contribution in [0.2, 0.25) is 0 Å². The Labute approximate surface area is 136 Å². The van der Waals surface area contributed by atoms with E-state index in [1.807, 2.05) is 13.8 Å². The number of carbonyl (C=O) groups excluding carboxylic acids is 2. The van der Waals surface area contributed by atoms with Crippen LogP contribution in [0.1, 0.15) is 33.1 Å². The van der Waals surface area contributed by atoms with E-state index in [1.54, 1.807) is 24.3 Å². The normalized spacial score (nSPS) is 17.1. The fourth-order valence-corrected chi connectivity index (χ4v) is 2.34. The predicted molar refractivity (Wildman–Crippen MR) is 87.4 cm³/mol. The predicted octanol–water partition coefficient (Wildman–Crippen LogP) is 2.10. The standard InChI is InChI=1S/C17H24N2O4/c1-12(2)23-14-7-5-13(6-8-14)19-17(21)10-16(20)18-11-15-4-3-9-22-15/h5-8,12,15H,3-4,9-11H2,1-2H3,(H,18,20)(H,19,21). The highest BCUT2D eigenvalue weighted by atomic mass is 16.5. The van der Waals surface area contributed by atoms with E-state index >= 15 is 0 Å². The zero-order valence-corrected chi connectivity index (χ0v) is 13.6. The van der Waals surface area contributed by atoms with Crippen LogP contribution in [0.25, 0.3) is 0 Å². The monoisotopic (exact) mass is 320 g/mol. The lowest BCUT2D eigenvalue weighted by Crippen LogP contribution is -2.34. The van der Waals surface area contributed by atoms with Gasteiger partial charge in [0.25, 0.3) is 0 Å². The van der Waals surface area contributed by atoms with E-state index in [0.717, 1.165) is 25.2 Å². The Hall–Kier alpha value is -2.08. The van der Waals surface area contributed by atoms with Gasteiger partial charge < -0.3 is 20.1 Å². The van der Waals surface area contributed by atoms with Crippen molar-refractivity contribution in [3.63, 3.8) is 0 Å². The molecule has 1 unspecified atom stereocenters. The first kappa shape index (κ1) is 17.3. The minimum Gasteiger partial charge on any atom is -0.491 e. The molecule has 1 saturated heterocycles. The van der Waals surface area contributed by atoms with Crippen LogP contribution in [0.3, 0.4) is 0 Å². The molecule has 2 N–H and O–H groups in total. The molecule has 1 fully saturated rings. The molecule has 1 aliphatic rings. The molecule has 6 nitrogen and oxygen atoms in total. The Morgan fingerprint density at radius 1 is 1.26 bits per heavy atom. The Morgan fingerprint density at radius 3 is 2.61 bits per heavy atom. The van der Waals surface area contributed by atoms with Crippen LogP contribution in [-0.2, 0) is 14.3 Å². The molecule has 1 aliphatic heterocycles. The summed E-state index contributed by atoms with van der Waals surface area (Å²) in [5, 5.41) is 5.42. The average Bonchev–Trinajstić information content (AvgIpc) is 3.00. The van der Waals surface area contributed by atoms with Crippen LogP contribution < -0.4 is 15.4 Å². The van der Waals surface area contributed by atoms with Gasteiger partial charge in [-0.1, -0.05) is 0 Å². The van der Waals surface area contributed by atoms with Crippen LogP contribution in [0.5, 0.6) is 5.75 Å². The van der Waals surface area contributed by atoms with Crippen LogP contribution in [-0.4, -0.2) is 37.2 Å². The van der Waals surface area contributed by atoms with Gasteiger partial charge in [-0.05, 0) is 51.0 Å². The first-order valence-electron chi connectivity index (χ1n) is 7.98. The van der Waals surface area contributed by atoms with Crippen molar-refractivity contribution in [2.75, 3.05) is 18.5 Å². The lowest BCUT2D eigenvalue weighted by molar-refractivity contribution is -0.127. The largest absolute Gasteiger partial charge is 0.491 e. The van der Waals surface area contributed by atoms with Crippen LogP contribution in [0.15, 0.2) is 24.3 Å². The Kier molecular flexibility index (Phi) is 6.40.